The molecule has 1 aliphatic rings. The molecular weight excluding hydrogens is 262 g/mol. The summed E-state index contributed by atoms with van der Waals surface area (Å²) in [6.07, 6.45) is 1.41. The molecule has 1 rings (SSSR count). The van der Waals surface area contributed by atoms with E-state index in [1.165, 1.54) is 0 Å². The Morgan fingerprint density at radius 1 is 1.30 bits per heavy atom. The van der Waals surface area contributed by atoms with Gasteiger partial charge in [0.05, 0.1) is 25.4 Å². The first kappa shape index (κ1) is 17.2. The Labute approximate surface area is 120 Å². The van der Waals surface area contributed by atoms with E-state index in [9.17, 15) is 9.90 Å². The van der Waals surface area contributed by atoms with Crippen LogP contribution in [0.25, 0.3) is 0 Å². The molecule has 118 valence electrons. The standard InChI is InChI=1S/C14H27NO5/c1-13(2,3)20-12(17)15-7-4-5-14(18,6-8-15)11-19-10-9-16/h16,18H,4-11H2,1-3H3. The largest absolute Gasteiger partial charge is 0.444 e. The van der Waals surface area contributed by atoms with Gasteiger partial charge in [0.15, 0.2) is 0 Å². The van der Waals surface area contributed by atoms with Gasteiger partial charge >= 0.3 is 6.09 Å². The van der Waals surface area contributed by atoms with Crippen LogP contribution in [0.3, 0.4) is 0 Å². The molecular formula is C14H27NO5. The molecule has 0 aromatic carbocycles. The Kier molecular flexibility index (Phi) is 6.23. The summed E-state index contributed by atoms with van der Waals surface area (Å²) in [5.41, 5.74) is -1.43. The highest BCUT2D eigenvalue weighted by Crippen LogP contribution is 2.23. The third kappa shape index (κ3) is 6.07. The van der Waals surface area contributed by atoms with E-state index in [-0.39, 0.29) is 25.9 Å². The number of carbonyl (C=O) groups excluding carboxylic acids is 1. The first-order valence-electron chi connectivity index (χ1n) is 7.15. The van der Waals surface area contributed by atoms with E-state index in [1.807, 2.05) is 20.8 Å². The van der Waals surface area contributed by atoms with E-state index in [0.29, 0.717) is 32.4 Å². The molecule has 20 heavy (non-hydrogen) atoms. The van der Waals surface area contributed by atoms with Crippen molar-refractivity contribution < 1.29 is 24.5 Å². The normalized spacial score (nSPS) is 24.4. The van der Waals surface area contributed by atoms with Gasteiger partial charge < -0.3 is 24.6 Å². The van der Waals surface area contributed by atoms with Crippen LogP contribution < -0.4 is 0 Å². The fraction of sp³-hybridized carbons (Fsp3) is 0.929. The number of aliphatic hydroxyl groups excluding tert-OH is 1. The molecule has 1 fully saturated rings. The number of aliphatic hydroxyl groups is 2. The van der Waals surface area contributed by atoms with E-state index >= 15 is 0 Å². The van der Waals surface area contributed by atoms with Crippen LogP contribution in [0.4, 0.5) is 4.79 Å². The molecule has 1 unspecified atom stereocenters. The van der Waals surface area contributed by atoms with Crippen molar-refractivity contribution in [2.24, 2.45) is 0 Å². The van der Waals surface area contributed by atoms with E-state index in [1.54, 1.807) is 4.90 Å². The fourth-order valence-electron chi connectivity index (χ4n) is 2.16. The van der Waals surface area contributed by atoms with Crippen molar-refractivity contribution in [3.05, 3.63) is 0 Å². The minimum Gasteiger partial charge on any atom is -0.444 e. The lowest BCUT2D eigenvalue weighted by molar-refractivity contribution is -0.0606. The number of hydrogen-bond acceptors (Lipinski definition) is 5. The molecule has 0 spiro atoms. The SMILES string of the molecule is CC(C)(C)OC(=O)N1CCCC(O)(COCCO)CC1. The molecule has 6 heteroatoms. The van der Waals surface area contributed by atoms with E-state index < -0.39 is 11.2 Å². The monoisotopic (exact) mass is 289 g/mol. The van der Waals surface area contributed by atoms with Crippen molar-refractivity contribution in [2.75, 3.05) is 32.9 Å². The van der Waals surface area contributed by atoms with Gasteiger partial charge in [-0.2, -0.15) is 0 Å². The van der Waals surface area contributed by atoms with Gasteiger partial charge in [-0.25, -0.2) is 4.79 Å². The number of amides is 1. The van der Waals surface area contributed by atoms with Gasteiger partial charge in [0, 0.05) is 13.1 Å². The van der Waals surface area contributed by atoms with Gasteiger partial charge in [0.2, 0.25) is 0 Å². The number of likely N-dealkylation sites (tertiary alicyclic amines) is 1. The van der Waals surface area contributed by atoms with Crippen LogP contribution in [-0.4, -0.2) is 65.3 Å². The predicted molar refractivity (Wildman–Crippen MR) is 74.5 cm³/mol. The molecule has 0 aliphatic carbocycles. The lowest BCUT2D eigenvalue weighted by Crippen LogP contribution is -2.39. The van der Waals surface area contributed by atoms with Crippen molar-refractivity contribution in [1.82, 2.24) is 4.90 Å². The summed E-state index contributed by atoms with van der Waals surface area (Å²) >= 11 is 0. The number of rotatable bonds is 4. The Morgan fingerprint density at radius 3 is 2.60 bits per heavy atom. The van der Waals surface area contributed by atoms with E-state index in [2.05, 4.69) is 0 Å². The lowest BCUT2D eigenvalue weighted by Gasteiger charge is -2.28. The molecule has 0 radical (unpaired) electrons. The molecule has 0 saturated carbocycles. The van der Waals surface area contributed by atoms with E-state index in [0.717, 1.165) is 0 Å². The Balaban J connectivity index is 2.48. The van der Waals surface area contributed by atoms with Gasteiger partial charge in [-0.15, -0.1) is 0 Å². The first-order valence-corrected chi connectivity index (χ1v) is 7.15. The molecule has 0 aromatic rings. The molecule has 1 saturated heterocycles. The van der Waals surface area contributed by atoms with Crippen LogP contribution in [0.2, 0.25) is 0 Å². The smallest absolute Gasteiger partial charge is 0.410 e. The summed E-state index contributed by atoms with van der Waals surface area (Å²) in [6, 6.07) is 0. The molecule has 1 heterocycles. The Bertz CT molecular complexity index is 315. The molecule has 2 N–H and O–H groups in total. The van der Waals surface area contributed by atoms with Crippen LogP contribution in [0.5, 0.6) is 0 Å². The molecule has 6 nitrogen and oxygen atoms in total. The molecule has 1 aliphatic heterocycles. The van der Waals surface area contributed by atoms with Crippen molar-refractivity contribution >= 4 is 6.09 Å². The molecule has 0 aromatic heterocycles. The maximum atomic E-state index is 12.0. The summed E-state index contributed by atoms with van der Waals surface area (Å²) in [6.45, 7) is 6.89. The quantitative estimate of drug-likeness (QED) is 0.759. The maximum absolute atomic E-state index is 12.0. The van der Waals surface area contributed by atoms with Crippen molar-refractivity contribution in [3.63, 3.8) is 0 Å². The average molecular weight is 289 g/mol. The highest BCUT2D eigenvalue weighted by Gasteiger charge is 2.33. The zero-order chi connectivity index (χ0) is 15.2. The maximum Gasteiger partial charge on any atom is 0.410 e. The minimum atomic E-state index is -0.925. The highest BCUT2D eigenvalue weighted by atomic mass is 16.6. The number of nitrogens with zero attached hydrogens (tertiary/aromatic N) is 1. The highest BCUT2D eigenvalue weighted by molar-refractivity contribution is 5.68. The summed E-state index contributed by atoms with van der Waals surface area (Å²) in [4.78, 5) is 13.6. The van der Waals surface area contributed by atoms with Crippen LogP contribution in [0.1, 0.15) is 40.0 Å². The minimum absolute atomic E-state index is 0.0554. The topological polar surface area (TPSA) is 79.2 Å². The zero-order valence-electron chi connectivity index (χ0n) is 12.7. The molecule has 1 atom stereocenters. The number of carbonyl (C=O) groups is 1. The van der Waals surface area contributed by atoms with Gasteiger partial charge in [-0.3, -0.25) is 0 Å². The van der Waals surface area contributed by atoms with Gasteiger partial charge in [-0.1, -0.05) is 0 Å². The fourth-order valence-corrected chi connectivity index (χ4v) is 2.16. The third-order valence-electron chi connectivity index (χ3n) is 3.18. The number of ether oxygens (including phenoxy) is 2. The third-order valence-corrected chi connectivity index (χ3v) is 3.18. The summed E-state index contributed by atoms with van der Waals surface area (Å²) < 4.78 is 10.6. The first-order chi connectivity index (χ1) is 9.26. The van der Waals surface area contributed by atoms with Gasteiger partial charge in [0.1, 0.15) is 5.60 Å². The van der Waals surface area contributed by atoms with Crippen molar-refractivity contribution in [1.29, 1.82) is 0 Å². The molecule has 0 bridgehead atoms. The van der Waals surface area contributed by atoms with Gasteiger partial charge in [-0.05, 0) is 40.0 Å². The summed E-state index contributed by atoms with van der Waals surface area (Å²) in [5.74, 6) is 0. The lowest BCUT2D eigenvalue weighted by atomic mass is 9.96. The Hall–Kier alpha value is -0.850. The number of hydrogen-bond donors (Lipinski definition) is 2. The predicted octanol–water partition coefficient (Wildman–Crippen LogP) is 1.15. The summed E-state index contributed by atoms with van der Waals surface area (Å²) in [7, 11) is 0. The van der Waals surface area contributed by atoms with Crippen LogP contribution >= 0.6 is 0 Å². The second-order valence-corrected chi connectivity index (χ2v) is 6.32. The van der Waals surface area contributed by atoms with Crippen molar-refractivity contribution in [2.45, 2.75) is 51.2 Å². The van der Waals surface area contributed by atoms with Crippen LogP contribution in [0, 0.1) is 0 Å². The van der Waals surface area contributed by atoms with Gasteiger partial charge in [0.25, 0.3) is 0 Å². The van der Waals surface area contributed by atoms with Crippen LogP contribution in [0.15, 0.2) is 0 Å². The second kappa shape index (κ2) is 7.24. The van der Waals surface area contributed by atoms with Crippen molar-refractivity contribution in [3.8, 4) is 0 Å². The van der Waals surface area contributed by atoms with Crippen LogP contribution in [-0.2, 0) is 9.47 Å². The van der Waals surface area contributed by atoms with E-state index in [4.69, 9.17) is 14.6 Å². The average Bonchev–Trinajstić information content (AvgIpc) is 2.50. The Morgan fingerprint density at radius 2 is 2.00 bits per heavy atom. The zero-order valence-corrected chi connectivity index (χ0v) is 12.7. The summed E-state index contributed by atoms with van der Waals surface area (Å²) in [5, 5.41) is 19.1. The molecule has 1 amide bonds. The second-order valence-electron chi connectivity index (χ2n) is 6.32.